The number of rotatable bonds is 31. The molecule has 0 aromatic heterocycles. The van der Waals surface area contributed by atoms with Gasteiger partial charge >= 0.3 is 11.9 Å². The normalized spacial score (nSPS) is 12.8. The smallest absolute Gasteiger partial charge is 0.306 e. The molecule has 0 spiro atoms. The lowest BCUT2D eigenvalue weighted by Crippen LogP contribution is -2.18. The van der Waals surface area contributed by atoms with E-state index in [1.807, 2.05) is 0 Å². The van der Waals surface area contributed by atoms with Gasteiger partial charge in [0.05, 0.1) is 0 Å². The summed E-state index contributed by atoms with van der Waals surface area (Å²) in [5.41, 5.74) is 0. The van der Waals surface area contributed by atoms with Gasteiger partial charge in [-0.2, -0.15) is 0 Å². The maximum absolute atomic E-state index is 12.5. The molecule has 0 aliphatic rings. The molecule has 42 heavy (non-hydrogen) atoms. The predicted molar refractivity (Wildman–Crippen MR) is 181 cm³/mol. The minimum Gasteiger partial charge on any atom is -0.481 e. The molecular formula is C38H66O4. The molecule has 0 fully saturated rings. The van der Waals surface area contributed by atoms with Gasteiger partial charge in [-0.25, -0.2) is 0 Å². The summed E-state index contributed by atoms with van der Waals surface area (Å²) >= 11 is 0. The first-order valence-electron chi connectivity index (χ1n) is 17.6. The van der Waals surface area contributed by atoms with Crippen LogP contribution in [-0.4, -0.2) is 23.1 Å². The lowest BCUT2D eigenvalue weighted by molar-refractivity contribution is -0.150. The molecule has 0 aliphatic heterocycles. The number of carbonyl (C=O) groups excluding carboxylic acids is 1. The summed E-state index contributed by atoms with van der Waals surface area (Å²) in [6.07, 6.45) is 44.2. The number of unbranched alkanes of at least 4 members (excludes halogenated alkanes) is 14. The fourth-order valence-corrected chi connectivity index (χ4v) is 4.94. The summed E-state index contributed by atoms with van der Waals surface area (Å²) in [6, 6.07) is 0. The minimum atomic E-state index is -0.688. The molecule has 1 N–H and O–H groups in total. The van der Waals surface area contributed by atoms with Crippen molar-refractivity contribution in [2.45, 2.75) is 180 Å². The van der Waals surface area contributed by atoms with Gasteiger partial charge in [-0.1, -0.05) is 133 Å². The number of hydrogen-bond donors (Lipinski definition) is 1. The highest BCUT2D eigenvalue weighted by Gasteiger charge is 2.14. The van der Waals surface area contributed by atoms with Gasteiger partial charge in [0.1, 0.15) is 6.10 Å². The Morgan fingerprint density at radius 3 is 1.48 bits per heavy atom. The van der Waals surface area contributed by atoms with Crippen molar-refractivity contribution >= 4 is 11.9 Å². The Morgan fingerprint density at radius 2 is 0.952 bits per heavy atom. The second-order valence-electron chi connectivity index (χ2n) is 11.7. The largest absolute Gasteiger partial charge is 0.481 e. The fourth-order valence-electron chi connectivity index (χ4n) is 4.94. The maximum atomic E-state index is 12.5. The van der Waals surface area contributed by atoms with Crippen LogP contribution in [0.3, 0.4) is 0 Å². The van der Waals surface area contributed by atoms with E-state index >= 15 is 0 Å². The monoisotopic (exact) mass is 586 g/mol. The topological polar surface area (TPSA) is 63.6 Å². The zero-order chi connectivity index (χ0) is 30.8. The molecule has 0 radical (unpaired) electrons. The first-order chi connectivity index (χ1) is 20.6. The van der Waals surface area contributed by atoms with Gasteiger partial charge in [-0.3, -0.25) is 9.59 Å². The van der Waals surface area contributed by atoms with E-state index in [9.17, 15) is 9.59 Å². The van der Waals surface area contributed by atoms with Crippen molar-refractivity contribution in [1.82, 2.24) is 0 Å². The van der Waals surface area contributed by atoms with Crippen molar-refractivity contribution in [2.75, 3.05) is 0 Å². The Kier molecular flexibility index (Phi) is 31.7. The van der Waals surface area contributed by atoms with Crippen molar-refractivity contribution in [3.63, 3.8) is 0 Å². The number of carboxylic acids is 1. The lowest BCUT2D eigenvalue weighted by atomic mass is 10.0. The van der Waals surface area contributed by atoms with Crippen molar-refractivity contribution in [3.05, 3.63) is 48.6 Å². The van der Waals surface area contributed by atoms with Gasteiger partial charge in [-0.15, -0.1) is 0 Å². The van der Waals surface area contributed by atoms with Crippen LogP contribution in [0.5, 0.6) is 0 Å². The second-order valence-corrected chi connectivity index (χ2v) is 11.7. The number of ether oxygens (including phenoxy) is 1. The van der Waals surface area contributed by atoms with Crippen molar-refractivity contribution in [3.8, 4) is 0 Å². The molecule has 0 saturated heterocycles. The van der Waals surface area contributed by atoms with E-state index in [0.717, 1.165) is 77.0 Å². The van der Waals surface area contributed by atoms with Gasteiger partial charge in [0.25, 0.3) is 0 Å². The minimum absolute atomic E-state index is 0.0345. The van der Waals surface area contributed by atoms with Crippen LogP contribution in [0.1, 0.15) is 174 Å². The fraction of sp³-hybridized carbons (Fsp3) is 0.737. The molecule has 1 atom stereocenters. The van der Waals surface area contributed by atoms with E-state index < -0.39 is 5.97 Å². The van der Waals surface area contributed by atoms with Crippen LogP contribution < -0.4 is 0 Å². The highest BCUT2D eigenvalue weighted by Crippen LogP contribution is 2.18. The summed E-state index contributed by atoms with van der Waals surface area (Å²) in [5, 5.41) is 8.70. The molecular weight excluding hydrogens is 520 g/mol. The number of hydrogen-bond acceptors (Lipinski definition) is 3. The molecule has 0 aromatic carbocycles. The molecule has 0 bridgehead atoms. The Labute approximate surface area is 260 Å². The number of allylic oxidation sites excluding steroid dienone is 8. The van der Waals surface area contributed by atoms with E-state index in [2.05, 4.69) is 62.5 Å². The molecule has 4 nitrogen and oxygen atoms in total. The molecule has 0 aliphatic carbocycles. The molecule has 242 valence electrons. The first-order valence-corrected chi connectivity index (χ1v) is 17.6. The Bertz CT molecular complexity index is 719. The van der Waals surface area contributed by atoms with Gasteiger partial charge in [0.2, 0.25) is 0 Å². The first kappa shape index (κ1) is 39.9. The zero-order valence-electron chi connectivity index (χ0n) is 27.5. The van der Waals surface area contributed by atoms with Crippen molar-refractivity contribution in [2.24, 2.45) is 0 Å². The molecule has 4 heteroatoms. The maximum Gasteiger partial charge on any atom is 0.306 e. The summed E-state index contributed by atoms with van der Waals surface area (Å²) < 4.78 is 5.92. The molecule has 0 aromatic rings. The van der Waals surface area contributed by atoms with E-state index in [1.165, 1.54) is 70.6 Å². The molecule has 0 saturated carbocycles. The van der Waals surface area contributed by atoms with Gasteiger partial charge in [0.15, 0.2) is 0 Å². The molecule has 0 rings (SSSR count). The summed E-state index contributed by atoms with van der Waals surface area (Å²) in [4.78, 5) is 23.1. The van der Waals surface area contributed by atoms with E-state index in [4.69, 9.17) is 9.84 Å². The number of carbonyl (C=O) groups is 2. The predicted octanol–water partition coefficient (Wildman–Crippen LogP) is 12.0. The van der Waals surface area contributed by atoms with Gasteiger partial charge in [0, 0.05) is 12.8 Å². The average molecular weight is 587 g/mol. The average Bonchev–Trinajstić information content (AvgIpc) is 2.97. The van der Waals surface area contributed by atoms with E-state index in [0.29, 0.717) is 12.8 Å². The third-order valence-corrected chi connectivity index (χ3v) is 7.55. The van der Waals surface area contributed by atoms with Crippen LogP contribution in [0.2, 0.25) is 0 Å². The summed E-state index contributed by atoms with van der Waals surface area (Å²) in [6.45, 7) is 4.47. The Balaban J connectivity index is 3.98. The number of carboxylic acid groups (broad SMARTS) is 1. The highest BCUT2D eigenvalue weighted by atomic mass is 16.5. The van der Waals surface area contributed by atoms with Crippen LogP contribution in [0, 0.1) is 0 Å². The third-order valence-electron chi connectivity index (χ3n) is 7.55. The molecule has 0 heterocycles. The van der Waals surface area contributed by atoms with E-state index in [-0.39, 0.29) is 12.1 Å². The number of aliphatic carboxylic acids is 1. The lowest BCUT2D eigenvalue weighted by Gasteiger charge is -2.18. The van der Waals surface area contributed by atoms with Gasteiger partial charge in [-0.05, 0) is 77.0 Å². The summed E-state index contributed by atoms with van der Waals surface area (Å²) in [5.74, 6) is -0.723. The second kappa shape index (κ2) is 33.4. The van der Waals surface area contributed by atoms with Crippen LogP contribution in [0.15, 0.2) is 48.6 Å². The van der Waals surface area contributed by atoms with Crippen LogP contribution in [0.4, 0.5) is 0 Å². The number of esters is 1. The molecule has 1 unspecified atom stereocenters. The standard InChI is InChI=1S/C38H66O4/c1-3-5-7-9-10-11-12-13-14-15-16-17-18-19-24-27-31-35-38(41)42-36(32-28-8-6-4-2)33-29-25-22-20-21-23-26-30-34-37(39)40/h10-11,13-14,16-17,19,24,36H,3-9,12,15,18,20-23,25-35H2,1-2H3,(H,39,40)/b11-10-,14-13-,17-16-,24-19-. The highest BCUT2D eigenvalue weighted by molar-refractivity contribution is 5.69. The van der Waals surface area contributed by atoms with Crippen molar-refractivity contribution in [1.29, 1.82) is 0 Å². The quantitative estimate of drug-likeness (QED) is 0.0498. The Morgan fingerprint density at radius 1 is 0.524 bits per heavy atom. The summed E-state index contributed by atoms with van der Waals surface area (Å²) in [7, 11) is 0. The molecule has 0 amide bonds. The van der Waals surface area contributed by atoms with E-state index in [1.54, 1.807) is 0 Å². The van der Waals surface area contributed by atoms with Gasteiger partial charge < -0.3 is 9.84 Å². The zero-order valence-corrected chi connectivity index (χ0v) is 27.5. The van der Waals surface area contributed by atoms with Crippen molar-refractivity contribution < 1.29 is 19.4 Å². The van der Waals surface area contributed by atoms with Crippen LogP contribution in [0.25, 0.3) is 0 Å². The third kappa shape index (κ3) is 32.4. The van der Waals surface area contributed by atoms with Crippen LogP contribution in [-0.2, 0) is 14.3 Å². The van der Waals surface area contributed by atoms with Crippen LogP contribution >= 0.6 is 0 Å². The Hall–Kier alpha value is -2.10. The SMILES string of the molecule is CCCCC/C=C\C/C=C\C/C=C\C/C=C\CCCC(=O)OC(CCCCCC)CCCCCCCCCCC(=O)O.